The van der Waals surface area contributed by atoms with Gasteiger partial charge in [-0.05, 0) is 39.8 Å². The van der Waals surface area contributed by atoms with Gasteiger partial charge in [-0.3, -0.25) is 4.79 Å². The van der Waals surface area contributed by atoms with Gasteiger partial charge in [0.05, 0.1) is 17.2 Å². The van der Waals surface area contributed by atoms with Gasteiger partial charge in [0, 0.05) is 17.0 Å². The van der Waals surface area contributed by atoms with Crippen LogP contribution in [0.15, 0.2) is 21.9 Å². The molecule has 0 aromatic carbocycles. The van der Waals surface area contributed by atoms with Gasteiger partial charge in [-0.2, -0.15) is 0 Å². The Morgan fingerprint density at radius 2 is 2.23 bits per heavy atom. The first-order valence-electron chi connectivity index (χ1n) is 6.96. The predicted octanol–water partition coefficient (Wildman–Crippen LogP) is 2.70. The molecule has 22 heavy (non-hydrogen) atoms. The Balaban J connectivity index is 1.95. The number of aromatic nitrogens is 1. The molecule has 0 bridgehead atoms. The van der Waals surface area contributed by atoms with Crippen LogP contribution in [0.5, 0.6) is 0 Å². The first-order valence-corrected chi connectivity index (χ1v) is 7.84. The summed E-state index contributed by atoms with van der Waals surface area (Å²) in [5, 5.41) is 16.0. The molecule has 5 nitrogen and oxygen atoms in total. The number of hydrogen-bond donors (Lipinski definition) is 2. The van der Waals surface area contributed by atoms with Crippen LogP contribution in [0.25, 0.3) is 6.08 Å². The number of aryl methyl sites for hydroxylation is 3. The minimum atomic E-state index is -1.18. The molecule has 0 unspecified atom stereocenters. The van der Waals surface area contributed by atoms with Gasteiger partial charge in [0.2, 0.25) is 5.91 Å². The molecule has 2 rings (SSSR count). The molecule has 1 amide bonds. The van der Waals surface area contributed by atoms with Crippen LogP contribution in [-0.2, 0) is 10.4 Å². The maximum Gasteiger partial charge on any atom is 0.244 e. The topological polar surface area (TPSA) is 75.4 Å². The highest BCUT2D eigenvalue weighted by Crippen LogP contribution is 2.26. The van der Waals surface area contributed by atoms with Gasteiger partial charge < -0.3 is 14.8 Å². The van der Waals surface area contributed by atoms with Crippen molar-refractivity contribution in [2.24, 2.45) is 0 Å². The molecular formula is C16H20N2O3S. The Morgan fingerprint density at radius 3 is 2.77 bits per heavy atom. The summed E-state index contributed by atoms with van der Waals surface area (Å²) in [6.07, 6.45) is 3.07. The Kier molecular flexibility index (Phi) is 4.83. The fourth-order valence-electron chi connectivity index (χ4n) is 2.20. The van der Waals surface area contributed by atoms with Gasteiger partial charge in [-0.15, -0.1) is 11.3 Å². The molecular weight excluding hydrogens is 300 g/mol. The third-order valence-corrected chi connectivity index (χ3v) is 4.06. The van der Waals surface area contributed by atoms with E-state index in [2.05, 4.69) is 10.3 Å². The second kappa shape index (κ2) is 6.46. The SMILES string of the molecule is Cc1cc([C@@](C)(O)CNC(=O)/C=C/c2csc(C)n2)c(C)o1. The number of thiazole rings is 1. The van der Waals surface area contributed by atoms with Gasteiger partial charge in [0.15, 0.2) is 0 Å². The highest BCUT2D eigenvalue weighted by atomic mass is 32.1. The fourth-order valence-corrected chi connectivity index (χ4v) is 2.78. The summed E-state index contributed by atoms with van der Waals surface area (Å²) in [5.74, 6) is 1.12. The Labute approximate surface area is 133 Å². The number of carbonyl (C=O) groups excluding carboxylic acids is 1. The molecule has 2 aromatic heterocycles. The number of rotatable bonds is 5. The van der Waals surface area contributed by atoms with Crippen LogP contribution in [0, 0.1) is 20.8 Å². The fraction of sp³-hybridized carbons (Fsp3) is 0.375. The smallest absolute Gasteiger partial charge is 0.244 e. The zero-order valence-electron chi connectivity index (χ0n) is 13.1. The molecule has 0 fully saturated rings. The van der Waals surface area contributed by atoms with E-state index in [1.807, 2.05) is 19.2 Å². The van der Waals surface area contributed by atoms with E-state index >= 15 is 0 Å². The largest absolute Gasteiger partial charge is 0.466 e. The molecule has 2 aromatic rings. The molecule has 0 aliphatic rings. The van der Waals surface area contributed by atoms with Gasteiger partial charge in [0.1, 0.15) is 17.1 Å². The van der Waals surface area contributed by atoms with Crippen molar-refractivity contribution in [1.82, 2.24) is 10.3 Å². The highest BCUT2D eigenvalue weighted by Gasteiger charge is 2.27. The maximum absolute atomic E-state index is 11.8. The quantitative estimate of drug-likeness (QED) is 0.831. The average molecular weight is 320 g/mol. The Morgan fingerprint density at radius 1 is 1.50 bits per heavy atom. The molecule has 1 atom stereocenters. The maximum atomic E-state index is 11.8. The van der Waals surface area contributed by atoms with Crippen molar-refractivity contribution in [3.05, 3.63) is 45.3 Å². The molecule has 0 spiro atoms. The highest BCUT2D eigenvalue weighted by molar-refractivity contribution is 7.09. The van der Waals surface area contributed by atoms with Gasteiger partial charge >= 0.3 is 0 Å². The normalized spacial score (nSPS) is 14.2. The van der Waals surface area contributed by atoms with E-state index in [0.717, 1.165) is 16.5 Å². The van der Waals surface area contributed by atoms with E-state index in [-0.39, 0.29) is 12.5 Å². The third-order valence-electron chi connectivity index (χ3n) is 3.27. The molecule has 0 saturated heterocycles. The molecule has 118 valence electrons. The average Bonchev–Trinajstić information content (AvgIpc) is 3.00. The van der Waals surface area contributed by atoms with Crippen LogP contribution in [-0.4, -0.2) is 22.5 Å². The second-order valence-corrected chi connectivity index (χ2v) is 6.51. The minimum absolute atomic E-state index is 0.103. The van der Waals surface area contributed by atoms with Crippen molar-refractivity contribution >= 4 is 23.3 Å². The lowest BCUT2D eigenvalue weighted by Gasteiger charge is -2.22. The summed E-state index contributed by atoms with van der Waals surface area (Å²) in [4.78, 5) is 16.1. The molecule has 2 N–H and O–H groups in total. The first-order chi connectivity index (χ1) is 10.3. The summed E-state index contributed by atoms with van der Waals surface area (Å²) < 4.78 is 5.42. The van der Waals surface area contributed by atoms with E-state index in [0.29, 0.717) is 11.3 Å². The number of furan rings is 1. The van der Waals surface area contributed by atoms with Gasteiger partial charge in [-0.1, -0.05) is 0 Å². The lowest BCUT2D eigenvalue weighted by molar-refractivity contribution is -0.117. The van der Waals surface area contributed by atoms with E-state index in [4.69, 9.17) is 4.42 Å². The Bertz CT molecular complexity index is 698. The van der Waals surface area contributed by atoms with Gasteiger partial charge in [-0.25, -0.2) is 4.98 Å². The summed E-state index contributed by atoms with van der Waals surface area (Å²) in [6, 6.07) is 1.79. The van der Waals surface area contributed by atoms with Crippen molar-refractivity contribution in [2.45, 2.75) is 33.3 Å². The lowest BCUT2D eigenvalue weighted by atomic mass is 9.96. The summed E-state index contributed by atoms with van der Waals surface area (Å²) in [7, 11) is 0. The lowest BCUT2D eigenvalue weighted by Crippen LogP contribution is -2.38. The molecule has 0 radical (unpaired) electrons. The second-order valence-electron chi connectivity index (χ2n) is 5.44. The Hall–Kier alpha value is -1.92. The zero-order valence-corrected chi connectivity index (χ0v) is 14.0. The summed E-state index contributed by atoms with van der Waals surface area (Å²) in [6.45, 7) is 7.28. The molecule has 0 aliphatic carbocycles. The van der Waals surface area contributed by atoms with Crippen LogP contribution >= 0.6 is 11.3 Å². The van der Waals surface area contributed by atoms with E-state index in [9.17, 15) is 9.90 Å². The van der Waals surface area contributed by atoms with Crippen molar-refractivity contribution in [2.75, 3.05) is 6.54 Å². The number of carbonyl (C=O) groups is 1. The van der Waals surface area contributed by atoms with Crippen molar-refractivity contribution < 1.29 is 14.3 Å². The van der Waals surface area contributed by atoms with Gasteiger partial charge in [0.25, 0.3) is 0 Å². The minimum Gasteiger partial charge on any atom is -0.466 e. The van der Waals surface area contributed by atoms with Crippen molar-refractivity contribution in [3.63, 3.8) is 0 Å². The molecule has 0 aliphatic heterocycles. The van der Waals surface area contributed by atoms with Crippen LogP contribution in [0.4, 0.5) is 0 Å². The number of amides is 1. The van der Waals surface area contributed by atoms with E-state index < -0.39 is 5.60 Å². The van der Waals surface area contributed by atoms with Crippen LogP contribution in [0.2, 0.25) is 0 Å². The number of hydrogen-bond acceptors (Lipinski definition) is 5. The van der Waals surface area contributed by atoms with Crippen LogP contribution < -0.4 is 5.32 Å². The van der Waals surface area contributed by atoms with Crippen LogP contribution in [0.3, 0.4) is 0 Å². The van der Waals surface area contributed by atoms with Crippen molar-refractivity contribution in [3.8, 4) is 0 Å². The summed E-state index contributed by atoms with van der Waals surface area (Å²) in [5.41, 5.74) is 0.262. The van der Waals surface area contributed by atoms with Crippen molar-refractivity contribution in [1.29, 1.82) is 0 Å². The molecule has 6 heteroatoms. The predicted molar refractivity (Wildman–Crippen MR) is 86.6 cm³/mol. The number of nitrogens with zero attached hydrogens (tertiary/aromatic N) is 1. The zero-order chi connectivity index (χ0) is 16.3. The van der Waals surface area contributed by atoms with Crippen LogP contribution in [0.1, 0.15) is 34.7 Å². The van der Waals surface area contributed by atoms with E-state index in [1.165, 1.54) is 17.4 Å². The molecule has 2 heterocycles. The third kappa shape index (κ3) is 4.05. The summed E-state index contributed by atoms with van der Waals surface area (Å²) >= 11 is 1.53. The standard InChI is InChI=1S/C16H20N2O3S/c1-10-7-14(11(2)21-10)16(4,20)9-17-15(19)6-5-13-8-22-12(3)18-13/h5-8,20H,9H2,1-4H3,(H,17,19)/b6-5+/t16-/m0/s1. The first kappa shape index (κ1) is 16.5. The number of nitrogens with one attached hydrogen (secondary N) is 1. The monoisotopic (exact) mass is 320 g/mol. The molecule has 0 saturated carbocycles. The number of aliphatic hydroxyl groups is 1. The van der Waals surface area contributed by atoms with E-state index in [1.54, 1.807) is 26.0 Å².